The van der Waals surface area contributed by atoms with E-state index in [0.29, 0.717) is 4.77 Å². The van der Waals surface area contributed by atoms with E-state index in [1.165, 1.54) is 5.56 Å². The number of hydrogen-bond acceptors (Lipinski definition) is 2. The number of nitrogens with zero attached hydrogens (tertiary/aromatic N) is 2. The van der Waals surface area contributed by atoms with E-state index in [4.69, 9.17) is 12.2 Å². The first-order valence-corrected chi connectivity index (χ1v) is 7.17. The molecule has 1 atom stereocenters. The van der Waals surface area contributed by atoms with E-state index < -0.39 is 0 Å². The Labute approximate surface area is 124 Å². The van der Waals surface area contributed by atoms with Gasteiger partial charge in [0, 0.05) is 10.7 Å². The van der Waals surface area contributed by atoms with Crippen LogP contribution in [0.3, 0.4) is 0 Å². The maximum atomic E-state index is 5.41. The molecule has 2 aromatic heterocycles. The molecule has 0 bridgehead atoms. The van der Waals surface area contributed by atoms with Crippen LogP contribution in [0, 0.1) is 4.77 Å². The third kappa shape index (κ3) is 2.24. The van der Waals surface area contributed by atoms with Crippen LogP contribution in [0.25, 0.3) is 11.2 Å². The summed E-state index contributed by atoms with van der Waals surface area (Å²) in [4.78, 5) is 7.62. The van der Waals surface area contributed by atoms with Crippen LogP contribution in [0.2, 0.25) is 0 Å². The van der Waals surface area contributed by atoms with Gasteiger partial charge < -0.3 is 4.98 Å². The summed E-state index contributed by atoms with van der Waals surface area (Å²) in [7, 11) is 0. The van der Waals surface area contributed by atoms with Crippen molar-refractivity contribution in [3.05, 3.63) is 57.4 Å². The van der Waals surface area contributed by atoms with Gasteiger partial charge >= 0.3 is 0 Å². The minimum atomic E-state index is 0.143. The van der Waals surface area contributed by atoms with Crippen molar-refractivity contribution in [1.29, 1.82) is 0 Å². The zero-order valence-electron chi connectivity index (χ0n) is 10.3. The molecule has 3 rings (SSSR count). The third-order valence-corrected chi connectivity index (χ3v) is 4.04. The van der Waals surface area contributed by atoms with Gasteiger partial charge in [0.15, 0.2) is 10.4 Å². The van der Waals surface area contributed by atoms with Crippen molar-refractivity contribution < 1.29 is 0 Å². The van der Waals surface area contributed by atoms with E-state index in [0.717, 1.165) is 15.6 Å². The number of aromatic amines is 1. The van der Waals surface area contributed by atoms with Crippen LogP contribution in [0.1, 0.15) is 18.5 Å². The van der Waals surface area contributed by atoms with Gasteiger partial charge in [-0.05, 0) is 49.0 Å². The number of hydrogen-bond donors (Lipinski definition) is 1. The van der Waals surface area contributed by atoms with Crippen molar-refractivity contribution in [3.8, 4) is 0 Å². The van der Waals surface area contributed by atoms with E-state index in [2.05, 4.69) is 45.0 Å². The SMILES string of the molecule is CC(c1ccc(Br)cc1)n1c(=S)[nH]c2cccnc21. The molecule has 1 unspecified atom stereocenters. The monoisotopic (exact) mass is 333 g/mol. The maximum Gasteiger partial charge on any atom is 0.179 e. The zero-order chi connectivity index (χ0) is 13.4. The van der Waals surface area contributed by atoms with Gasteiger partial charge in [0.25, 0.3) is 0 Å². The summed E-state index contributed by atoms with van der Waals surface area (Å²) in [5, 5.41) is 0. The Kier molecular flexibility index (Phi) is 3.24. The molecule has 1 N–H and O–H groups in total. The number of fused-ring (bicyclic) bond motifs is 1. The molecule has 0 saturated heterocycles. The molecule has 0 radical (unpaired) electrons. The van der Waals surface area contributed by atoms with Gasteiger partial charge in [-0.2, -0.15) is 0 Å². The normalized spacial score (nSPS) is 12.7. The highest BCUT2D eigenvalue weighted by molar-refractivity contribution is 9.10. The largest absolute Gasteiger partial charge is 0.329 e. The highest BCUT2D eigenvalue weighted by Crippen LogP contribution is 2.24. The standard InChI is InChI=1S/C14H12BrN3S/c1-9(10-4-6-11(15)7-5-10)18-13-12(17-14(18)19)3-2-8-16-13/h2-9H,1H3,(H,17,19). The number of H-pyrrole nitrogens is 1. The summed E-state index contributed by atoms with van der Waals surface area (Å²) in [6, 6.07) is 12.3. The quantitative estimate of drug-likeness (QED) is 0.702. The van der Waals surface area contributed by atoms with E-state index in [1.807, 2.05) is 28.8 Å². The number of benzene rings is 1. The molecule has 2 heterocycles. The number of rotatable bonds is 2. The van der Waals surface area contributed by atoms with Gasteiger partial charge in [0.2, 0.25) is 0 Å². The summed E-state index contributed by atoms with van der Waals surface area (Å²) in [5.74, 6) is 0. The van der Waals surface area contributed by atoms with Crippen LogP contribution in [0.5, 0.6) is 0 Å². The van der Waals surface area contributed by atoms with E-state index in [9.17, 15) is 0 Å². The summed E-state index contributed by atoms with van der Waals surface area (Å²) >= 11 is 8.86. The second-order valence-corrected chi connectivity index (χ2v) is 5.70. The topological polar surface area (TPSA) is 33.6 Å². The van der Waals surface area contributed by atoms with Crippen LogP contribution >= 0.6 is 28.1 Å². The second kappa shape index (κ2) is 4.90. The molecule has 0 fully saturated rings. The number of halogens is 1. The van der Waals surface area contributed by atoms with E-state index in [1.54, 1.807) is 6.20 Å². The Hall–Kier alpha value is -1.46. The van der Waals surface area contributed by atoms with E-state index >= 15 is 0 Å². The summed E-state index contributed by atoms with van der Waals surface area (Å²) < 4.78 is 3.82. The van der Waals surface area contributed by atoms with Crippen LogP contribution in [-0.4, -0.2) is 14.5 Å². The number of pyridine rings is 1. The predicted molar refractivity (Wildman–Crippen MR) is 82.9 cm³/mol. The molecule has 1 aromatic carbocycles. The molecule has 96 valence electrons. The Morgan fingerprint density at radius 1 is 1.26 bits per heavy atom. The smallest absolute Gasteiger partial charge is 0.179 e. The first-order valence-electron chi connectivity index (χ1n) is 5.97. The van der Waals surface area contributed by atoms with Crippen LogP contribution in [0.4, 0.5) is 0 Å². The molecular formula is C14H12BrN3S. The molecule has 3 aromatic rings. The Bertz CT molecular complexity index is 773. The first kappa shape index (κ1) is 12.6. The molecular weight excluding hydrogens is 322 g/mol. The van der Waals surface area contributed by atoms with Gasteiger partial charge in [-0.25, -0.2) is 4.98 Å². The summed E-state index contributed by atoms with van der Waals surface area (Å²) in [6.07, 6.45) is 1.79. The highest BCUT2D eigenvalue weighted by Gasteiger charge is 2.13. The second-order valence-electron chi connectivity index (χ2n) is 4.40. The third-order valence-electron chi connectivity index (χ3n) is 3.21. The average Bonchev–Trinajstić information content (AvgIpc) is 2.74. The Balaban J connectivity index is 2.16. The molecule has 0 aliphatic carbocycles. The molecule has 0 spiro atoms. The fourth-order valence-corrected chi connectivity index (χ4v) is 2.83. The number of imidazole rings is 1. The molecule has 3 nitrogen and oxygen atoms in total. The summed E-state index contributed by atoms with van der Waals surface area (Å²) in [5.41, 5.74) is 3.06. The molecule has 0 amide bonds. The molecule has 19 heavy (non-hydrogen) atoms. The summed E-state index contributed by atoms with van der Waals surface area (Å²) in [6.45, 7) is 2.13. The zero-order valence-corrected chi connectivity index (χ0v) is 12.7. The van der Waals surface area contributed by atoms with Crippen LogP contribution in [0.15, 0.2) is 47.1 Å². The molecule has 0 aliphatic rings. The lowest BCUT2D eigenvalue weighted by Crippen LogP contribution is -2.07. The van der Waals surface area contributed by atoms with E-state index in [-0.39, 0.29) is 6.04 Å². The minimum absolute atomic E-state index is 0.143. The first-order chi connectivity index (χ1) is 9.16. The fraction of sp³-hybridized carbons (Fsp3) is 0.143. The molecule has 0 aliphatic heterocycles. The van der Waals surface area contributed by atoms with Crippen molar-refractivity contribution in [2.24, 2.45) is 0 Å². The number of aromatic nitrogens is 3. The van der Waals surface area contributed by atoms with Crippen molar-refractivity contribution in [3.63, 3.8) is 0 Å². The fourth-order valence-electron chi connectivity index (χ4n) is 2.21. The Morgan fingerprint density at radius 2 is 2.00 bits per heavy atom. The van der Waals surface area contributed by atoms with Crippen LogP contribution < -0.4 is 0 Å². The van der Waals surface area contributed by atoms with Gasteiger partial charge in [-0.15, -0.1) is 0 Å². The van der Waals surface area contributed by atoms with Gasteiger partial charge in [-0.1, -0.05) is 28.1 Å². The lowest BCUT2D eigenvalue weighted by Gasteiger charge is -2.14. The van der Waals surface area contributed by atoms with Gasteiger partial charge in [0.05, 0.1) is 11.6 Å². The lowest BCUT2D eigenvalue weighted by atomic mass is 10.1. The van der Waals surface area contributed by atoms with Crippen molar-refractivity contribution in [2.45, 2.75) is 13.0 Å². The maximum absolute atomic E-state index is 5.41. The minimum Gasteiger partial charge on any atom is -0.329 e. The predicted octanol–water partition coefficient (Wildman–Crippen LogP) is 4.47. The van der Waals surface area contributed by atoms with Gasteiger partial charge in [-0.3, -0.25) is 4.57 Å². The Morgan fingerprint density at radius 3 is 2.74 bits per heavy atom. The van der Waals surface area contributed by atoms with Crippen molar-refractivity contribution in [2.75, 3.05) is 0 Å². The molecule has 5 heteroatoms. The van der Waals surface area contributed by atoms with Crippen molar-refractivity contribution in [1.82, 2.24) is 14.5 Å². The van der Waals surface area contributed by atoms with Gasteiger partial charge in [0.1, 0.15) is 0 Å². The highest BCUT2D eigenvalue weighted by atomic mass is 79.9. The van der Waals surface area contributed by atoms with Crippen LogP contribution in [-0.2, 0) is 0 Å². The van der Waals surface area contributed by atoms with Crippen molar-refractivity contribution >= 4 is 39.3 Å². The average molecular weight is 334 g/mol. The molecule has 0 saturated carbocycles. The number of nitrogens with one attached hydrogen (secondary N) is 1. The lowest BCUT2D eigenvalue weighted by molar-refractivity contribution is 0.644.